The molecule has 21 heavy (non-hydrogen) atoms. The third-order valence-corrected chi connectivity index (χ3v) is 4.63. The predicted molar refractivity (Wildman–Crippen MR) is 90.9 cm³/mol. The fourth-order valence-corrected chi connectivity index (χ4v) is 3.37. The zero-order chi connectivity index (χ0) is 14.5. The zero-order valence-corrected chi connectivity index (χ0v) is 13.1. The van der Waals surface area contributed by atoms with Crippen LogP contribution in [0, 0.1) is 0 Å². The van der Waals surface area contributed by atoms with Gasteiger partial charge in [0, 0.05) is 17.6 Å². The van der Waals surface area contributed by atoms with Crippen LogP contribution in [0.3, 0.4) is 0 Å². The first kappa shape index (κ1) is 14.4. The number of anilines is 1. The molecule has 1 atom stereocenters. The maximum Gasteiger partial charge on any atom is 0.0936 e. The van der Waals surface area contributed by atoms with Gasteiger partial charge in [-0.15, -0.1) is 0 Å². The van der Waals surface area contributed by atoms with Gasteiger partial charge in [0.2, 0.25) is 0 Å². The summed E-state index contributed by atoms with van der Waals surface area (Å²) in [5.41, 5.74) is 3.87. The van der Waals surface area contributed by atoms with Gasteiger partial charge in [-0.3, -0.25) is 4.98 Å². The van der Waals surface area contributed by atoms with Gasteiger partial charge in [-0.1, -0.05) is 57.2 Å². The molecule has 0 fully saturated rings. The molecule has 2 nitrogen and oxygen atoms in total. The first-order chi connectivity index (χ1) is 10.4. The summed E-state index contributed by atoms with van der Waals surface area (Å²) in [6.07, 6.45) is 12.5. The summed E-state index contributed by atoms with van der Waals surface area (Å²) in [4.78, 5) is 4.59. The molecular weight excluding hydrogens is 256 g/mol. The van der Waals surface area contributed by atoms with E-state index in [1.165, 1.54) is 68.0 Å². The standard InChI is InChI=1S/C19H26N2/c1-2-3-4-5-6-9-17-13-12-16-11-10-15-8-7-14-20-18(15)19(16)21-17/h7-8,10-11,14,17,21H,2-6,9,12-13H2,1H3/t17-/m1/s1. The summed E-state index contributed by atoms with van der Waals surface area (Å²) in [5, 5.41) is 5.01. The molecule has 1 aliphatic heterocycles. The highest BCUT2D eigenvalue weighted by Crippen LogP contribution is 2.32. The van der Waals surface area contributed by atoms with E-state index in [1.54, 1.807) is 0 Å². The van der Waals surface area contributed by atoms with Gasteiger partial charge >= 0.3 is 0 Å². The minimum atomic E-state index is 0.631. The number of aryl methyl sites for hydroxylation is 1. The molecular formula is C19H26N2. The third-order valence-electron chi connectivity index (χ3n) is 4.63. The molecule has 2 heteroatoms. The topological polar surface area (TPSA) is 24.9 Å². The summed E-state index contributed by atoms with van der Waals surface area (Å²) < 4.78 is 0. The van der Waals surface area contributed by atoms with Crippen LogP contribution in [-0.4, -0.2) is 11.0 Å². The molecule has 1 aliphatic rings. The van der Waals surface area contributed by atoms with Crippen LogP contribution in [0.4, 0.5) is 5.69 Å². The van der Waals surface area contributed by atoms with Crippen molar-refractivity contribution < 1.29 is 0 Å². The van der Waals surface area contributed by atoms with Gasteiger partial charge in [0.05, 0.1) is 11.2 Å². The van der Waals surface area contributed by atoms with Gasteiger partial charge in [-0.2, -0.15) is 0 Å². The maximum absolute atomic E-state index is 4.59. The summed E-state index contributed by atoms with van der Waals surface area (Å²) >= 11 is 0. The Bertz CT molecular complexity index is 591. The molecule has 2 heterocycles. The highest BCUT2D eigenvalue weighted by Gasteiger charge is 2.19. The van der Waals surface area contributed by atoms with E-state index in [0.29, 0.717) is 6.04 Å². The monoisotopic (exact) mass is 282 g/mol. The Morgan fingerprint density at radius 3 is 2.95 bits per heavy atom. The van der Waals surface area contributed by atoms with Crippen LogP contribution >= 0.6 is 0 Å². The molecule has 3 rings (SSSR count). The van der Waals surface area contributed by atoms with Crippen LogP contribution in [0.5, 0.6) is 0 Å². The van der Waals surface area contributed by atoms with Gasteiger partial charge < -0.3 is 5.32 Å². The lowest BCUT2D eigenvalue weighted by atomic mass is 9.93. The summed E-state index contributed by atoms with van der Waals surface area (Å²) in [7, 11) is 0. The number of fused-ring (bicyclic) bond motifs is 3. The SMILES string of the molecule is CCCCCCC[C@@H]1CCc2ccc3cccnc3c2N1. The van der Waals surface area contributed by atoms with Crippen LogP contribution in [0.2, 0.25) is 0 Å². The summed E-state index contributed by atoms with van der Waals surface area (Å²) in [6.45, 7) is 2.28. The van der Waals surface area contributed by atoms with Crippen molar-refractivity contribution in [3.05, 3.63) is 36.0 Å². The first-order valence-electron chi connectivity index (χ1n) is 8.51. The van der Waals surface area contributed by atoms with Crippen molar-refractivity contribution in [2.75, 3.05) is 5.32 Å². The molecule has 112 valence electrons. The molecule has 0 amide bonds. The van der Waals surface area contributed by atoms with E-state index >= 15 is 0 Å². The lowest BCUT2D eigenvalue weighted by Crippen LogP contribution is -2.25. The van der Waals surface area contributed by atoms with Crippen molar-refractivity contribution in [1.29, 1.82) is 0 Å². The van der Waals surface area contributed by atoms with E-state index in [0.717, 1.165) is 5.52 Å². The van der Waals surface area contributed by atoms with Gasteiger partial charge in [-0.05, 0) is 30.9 Å². The van der Waals surface area contributed by atoms with Crippen molar-refractivity contribution in [3.63, 3.8) is 0 Å². The highest BCUT2D eigenvalue weighted by atomic mass is 14.9. The number of nitrogens with zero attached hydrogens (tertiary/aromatic N) is 1. The van der Waals surface area contributed by atoms with E-state index in [-0.39, 0.29) is 0 Å². The fourth-order valence-electron chi connectivity index (χ4n) is 3.37. The van der Waals surface area contributed by atoms with Gasteiger partial charge in [0.15, 0.2) is 0 Å². The van der Waals surface area contributed by atoms with Crippen molar-refractivity contribution in [2.45, 2.75) is 64.3 Å². The number of benzene rings is 1. The van der Waals surface area contributed by atoms with E-state index in [1.807, 2.05) is 12.3 Å². The van der Waals surface area contributed by atoms with Crippen LogP contribution < -0.4 is 5.32 Å². The molecule has 0 saturated heterocycles. The Labute approximate surface area is 128 Å². The molecule has 0 aliphatic carbocycles. The molecule has 1 aromatic heterocycles. The minimum Gasteiger partial charge on any atom is -0.380 e. The number of nitrogens with one attached hydrogen (secondary N) is 1. The Balaban J connectivity index is 1.65. The number of unbranched alkanes of at least 4 members (excludes halogenated alkanes) is 4. The molecule has 0 radical (unpaired) electrons. The van der Waals surface area contributed by atoms with Crippen LogP contribution in [-0.2, 0) is 6.42 Å². The van der Waals surface area contributed by atoms with Gasteiger partial charge in [0.25, 0.3) is 0 Å². The predicted octanol–water partition coefficient (Wildman–Crippen LogP) is 5.32. The van der Waals surface area contributed by atoms with E-state index < -0.39 is 0 Å². The van der Waals surface area contributed by atoms with Crippen molar-refractivity contribution in [3.8, 4) is 0 Å². The number of pyridine rings is 1. The van der Waals surface area contributed by atoms with E-state index in [4.69, 9.17) is 0 Å². The Hall–Kier alpha value is -1.57. The molecule has 0 unspecified atom stereocenters. The second kappa shape index (κ2) is 6.93. The number of rotatable bonds is 6. The second-order valence-electron chi connectivity index (χ2n) is 6.26. The van der Waals surface area contributed by atoms with Crippen LogP contribution in [0.15, 0.2) is 30.5 Å². The Morgan fingerprint density at radius 1 is 1.14 bits per heavy atom. The smallest absolute Gasteiger partial charge is 0.0936 e. The van der Waals surface area contributed by atoms with Crippen LogP contribution in [0.25, 0.3) is 10.9 Å². The normalized spacial score (nSPS) is 17.5. The maximum atomic E-state index is 4.59. The Kier molecular flexibility index (Phi) is 4.74. The summed E-state index contributed by atoms with van der Waals surface area (Å²) in [6, 6.07) is 9.27. The average Bonchev–Trinajstić information content (AvgIpc) is 2.54. The van der Waals surface area contributed by atoms with Crippen LogP contribution in [0.1, 0.15) is 57.4 Å². The molecule has 1 aromatic carbocycles. The van der Waals surface area contributed by atoms with Crippen molar-refractivity contribution >= 4 is 16.6 Å². The highest BCUT2D eigenvalue weighted by molar-refractivity contribution is 5.92. The van der Waals surface area contributed by atoms with Crippen molar-refractivity contribution in [1.82, 2.24) is 4.98 Å². The number of aromatic nitrogens is 1. The Morgan fingerprint density at radius 2 is 2.05 bits per heavy atom. The molecule has 0 bridgehead atoms. The second-order valence-corrected chi connectivity index (χ2v) is 6.26. The largest absolute Gasteiger partial charge is 0.380 e. The van der Waals surface area contributed by atoms with E-state index in [2.05, 4.69) is 35.4 Å². The lowest BCUT2D eigenvalue weighted by molar-refractivity contribution is 0.530. The van der Waals surface area contributed by atoms with Gasteiger partial charge in [0.1, 0.15) is 0 Å². The quantitative estimate of drug-likeness (QED) is 0.725. The van der Waals surface area contributed by atoms with Crippen molar-refractivity contribution in [2.24, 2.45) is 0 Å². The summed E-state index contributed by atoms with van der Waals surface area (Å²) in [5.74, 6) is 0. The molecule has 2 aromatic rings. The minimum absolute atomic E-state index is 0.631. The fraction of sp³-hybridized carbons (Fsp3) is 0.526. The van der Waals surface area contributed by atoms with E-state index in [9.17, 15) is 0 Å². The number of hydrogen-bond donors (Lipinski definition) is 1. The van der Waals surface area contributed by atoms with Gasteiger partial charge in [-0.25, -0.2) is 0 Å². The zero-order valence-electron chi connectivity index (χ0n) is 13.1. The lowest BCUT2D eigenvalue weighted by Gasteiger charge is -2.28. The first-order valence-corrected chi connectivity index (χ1v) is 8.51. The number of hydrogen-bond acceptors (Lipinski definition) is 2. The molecule has 0 saturated carbocycles. The molecule has 0 spiro atoms. The third kappa shape index (κ3) is 3.37. The molecule has 1 N–H and O–H groups in total. The average molecular weight is 282 g/mol.